The van der Waals surface area contributed by atoms with Crippen molar-refractivity contribution in [3.05, 3.63) is 34.4 Å². The van der Waals surface area contributed by atoms with Gasteiger partial charge in [-0.3, -0.25) is 19.7 Å². The van der Waals surface area contributed by atoms with Crippen LogP contribution in [0.3, 0.4) is 0 Å². The molecule has 0 heterocycles. The van der Waals surface area contributed by atoms with Crippen LogP contribution in [0.15, 0.2) is 24.3 Å². The van der Waals surface area contributed by atoms with Gasteiger partial charge < -0.3 is 18.9 Å². The molecule has 0 N–H and O–H groups in total. The number of rotatable bonds is 9. The minimum atomic E-state index is -1.10. The number of nitro benzene ring substituents is 1. The van der Waals surface area contributed by atoms with Crippen LogP contribution in [0.2, 0.25) is 0 Å². The summed E-state index contributed by atoms with van der Waals surface area (Å²) < 4.78 is 19.6. The van der Waals surface area contributed by atoms with E-state index in [1.807, 2.05) is 0 Å². The van der Waals surface area contributed by atoms with E-state index in [0.29, 0.717) is 0 Å². The van der Waals surface area contributed by atoms with Gasteiger partial charge in [-0.05, 0) is 12.1 Å². The summed E-state index contributed by atoms with van der Waals surface area (Å²) in [5, 5.41) is 10.6. The van der Waals surface area contributed by atoms with Crippen molar-refractivity contribution in [2.75, 3.05) is 13.2 Å². The summed E-state index contributed by atoms with van der Waals surface area (Å²) in [6.07, 6.45) is -1.82. The molecule has 1 atom stereocenters. The van der Waals surface area contributed by atoms with Crippen LogP contribution < -0.4 is 4.74 Å². The molecule has 0 radical (unpaired) electrons. The van der Waals surface area contributed by atoms with Crippen molar-refractivity contribution < 1.29 is 38.3 Å². The summed E-state index contributed by atoms with van der Waals surface area (Å²) >= 11 is 0. The molecule has 0 aliphatic carbocycles. The first-order chi connectivity index (χ1) is 12.3. The second-order valence-electron chi connectivity index (χ2n) is 4.92. The van der Waals surface area contributed by atoms with Crippen LogP contribution in [0.1, 0.15) is 26.7 Å². The Kier molecular flexibility index (Phi) is 8.55. The molecule has 0 amide bonds. The highest BCUT2D eigenvalue weighted by Crippen LogP contribution is 2.17. The molecule has 1 rings (SSSR count). The lowest BCUT2D eigenvalue weighted by Crippen LogP contribution is -2.31. The van der Waals surface area contributed by atoms with E-state index in [-0.39, 0.29) is 37.5 Å². The number of hydrogen-bond donors (Lipinski definition) is 0. The minimum Gasteiger partial charge on any atom is -0.462 e. The summed E-state index contributed by atoms with van der Waals surface area (Å²) in [5.74, 6) is -0.994. The molecule has 0 saturated heterocycles. The van der Waals surface area contributed by atoms with Gasteiger partial charge in [-0.2, -0.15) is 0 Å². The first kappa shape index (κ1) is 20.9. The molecule has 26 heavy (non-hydrogen) atoms. The molecule has 0 spiro atoms. The van der Waals surface area contributed by atoms with Crippen molar-refractivity contribution in [2.24, 2.45) is 0 Å². The van der Waals surface area contributed by atoms with Crippen LogP contribution in [0.5, 0.6) is 5.75 Å². The van der Waals surface area contributed by atoms with E-state index >= 15 is 0 Å². The van der Waals surface area contributed by atoms with Crippen LogP contribution in [0.25, 0.3) is 0 Å². The topological polar surface area (TPSA) is 131 Å². The van der Waals surface area contributed by atoms with Crippen molar-refractivity contribution >= 4 is 23.8 Å². The van der Waals surface area contributed by atoms with Crippen molar-refractivity contribution in [2.45, 2.75) is 32.8 Å². The fourth-order valence-electron chi connectivity index (χ4n) is 1.60. The van der Waals surface area contributed by atoms with Gasteiger partial charge in [-0.25, -0.2) is 4.79 Å². The number of hydrogen-bond acceptors (Lipinski definition) is 9. The van der Waals surface area contributed by atoms with E-state index in [0.717, 1.165) is 0 Å². The normalized spacial score (nSPS) is 11.2. The minimum absolute atomic E-state index is 0.0418. The average molecular weight is 369 g/mol. The lowest BCUT2D eigenvalue weighted by atomic mass is 10.3. The number of non-ortho nitro benzene ring substituents is 1. The second kappa shape index (κ2) is 10.6. The van der Waals surface area contributed by atoms with E-state index in [9.17, 15) is 24.5 Å². The molecule has 10 heteroatoms. The molecule has 1 aromatic carbocycles. The number of esters is 2. The van der Waals surface area contributed by atoms with E-state index in [1.165, 1.54) is 24.3 Å². The van der Waals surface area contributed by atoms with Gasteiger partial charge in [0.1, 0.15) is 19.0 Å². The fraction of sp³-hybridized carbons (Fsp3) is 0.438. The van der Waals surface area contributed by atoms with Crippen LogP contribution in [0.4, 0.5) is 10.5 Å². The maximum atomic E-state index is 11.7. The Labute approximate surface area is 149 Å². The van der Waals surface area contributed by atoms with Gasteiger partial charge in [-0.1, -0.05) is 13.8 Å². The van der Waals surface area contributed by atoms with Gasteiger partial charge in [0, 0.05) is 25.0 Å². The van der Waals surface area contributed by atoms with Gasteiger partial charge in [0.15, 0.2) is 6.10 Å². The van der Waals surface area contributed by atoms with E-state index in [4.69, 9.17) is 18.9 Å². The van der Waals surface area contributed by atoms with Gasteiger partial charge in [0.25, 0.3) is 5.69 Å². The van der Waals surface area contributed by atoms with Crippen LogP contribution in [-0.2, 0) is 23.8 Å². The van der Waals surface area contributed by atoms with Gasteiger partial charge in [0.2, 0.25) is 0 Å². The molecule has 1 unspecified atom stereocenters. The number of nitrogens with zero attached hydrogens (tertiary/aromatic N) is 1. The summed E-state index contributed by atoms with van der Waals surface area (Å²) in [4.78, 5) is 44.2. The number of carbonyl (C=O) groups is 3. The maximum absolute atomic E-state index is 11.7. The number of benzene rings is 1. The summed E-state index contributed by atoms with van der Waals surface area (Å²) in [5.41, 5.74) is -0.157. The van der Waals surface area contributed by atoms with Crippen molar-refractivity contribution in [1.29, 1.82) is 0 Å². The SMILES string of the molecule is CCC(=O)OCC(COC(=O)Oc1ccc([N+](=O)[O-])cc1)OC(=O)CC. The summed E-state index contributed by atoms with van der Waals surface area (Å²) in [6, 6.07) is 4.80. The molecule has 0 aliphatic heterocycles. The highest BCUT2D eigenvalue weighted by atomic mass is 16.7. The largest absolute Gasteiger partial charge is 0.513 e. The molecule has 0 saturated carbocycles. The quantitative estimate of drug-likeness (QED) is 0.211. The number of carbonyl (C=O) groups excluding carboxylic acids is 3. The predicted molar refractivity (Wildman–Crippen MR) is 86.5 cm³/mol. The lowest BCUT2D eigenvalue weighted by molar-refractivity contribution is -0.384. The van der Waals surface area contributed by atoms with E-state index < -0.39 is 29.1 Å². The third kappa shape index (κ3) is 7.60. The van der Waals surface area contributed by atoms with Crippen LogP contribution >= 0.6 is 0 Å². The maximum Gasteiger partial charge on any atom is 0.513 e. The second-order valence-corrected chi connectivity index (χ2v) is 4.92. The Morgan fingerprint density at radius 3 is 2.12 bits per heavy atom. The van der Waals surface area contributed by atoms with E-state index in [1.54, 1.807) is 13.8 Å². The fourth-order valence-corrected chi connectivity index (χ4v) is 1.60. The predicted octanol–water partition coefficient (Wildman–Crippen LogP) is 2.39. The third-order valence-corrected chi connectivity index (χ3v) is 2.94. The Morgan fingerprint density at radius 1 is 1.00 bits per heavy atom. The third-order valence-electron chi connectivity index (χ3n) is 2.94. The van der Waals surface area contributed by atoms with Crippen molar-refractivity contribution in [1.82, 2.24) is 0 Å². The highest BCUT2D eigenvalue weighted by Gasteiger charge is 2.19. The molecule has 0 aliphatic rings. The average Bonchev–Trinajstić information content (AvgIpc) is 2.63. The number of nitro groups is 1. The molecule has 1 aromatic rings. The van der Waals surface area contributed by atoms with Gasteiger partial charge in [-0.15, -0.1) is 0 Å². The van der Waals surface area contributed by atoms with Crippen LogP contribution in [0, 0.1) is 10.1 Å². The Balaban J connectivity index is 2.53. The molecule has 0 fully saturated rings. The first-order valence-electron chi connectivity index (χ1n) is 7.79. The summed E-state index contributed by atoms with van der Waals surface area (Å²) in [6.45, 7) is 2.55. The smallest absolute Gasteiger partial charge is 0.462 e. The van der Waals surface area contributed by atoms with Gasteiger partial charge >= 0.3 is 18.1 Å². The molecular weight excluding hydrogens is 350 g/mol. The zero-order valence-electron chi connectivity index (χ0n) is 14.3. The first-order valence-corrected chi connectivity index (χ1v) is 7.79. The Hall–Kier alpha value is -3.17. The van der Waals surface area contributed by atoms with Gasteiger partial charge in [0.05, 0.1) is 4.92 Å². The zero-order valence-corrected chi connectivity index (χ0v) is 14.3. The van der Waals surface area contributed by atoms with Crippen molar-refractivity contribution in [3.8, 4) is 5.75 Å². The molecule has 10 nitrogen and oxygen atoms in total. The molecule has 142 valence electrons. The molecular formula is C16H19NO9. The van der Waals surface area contributed by atoms with Crippen molar-refractivity contribution in [3.63, 3.8) is 0 Å². The molecule has 0 bridgehead atoms. The Bertz CT molecular complexity index is 642. The highest BCUT2D eigenvalue weighted by molar-refractivity contribution is 5.70. The zero-order chi connectivity index (χ0) is 19.5. The monoisotopic (exact) mass is 369 g/mol. The summed E-state index contributed by atoms with van der Waals surface area (Å²) in [7, 11) is 0. The Morgan fingerprint density at radius 2 is 1.58 bits per heavy atom. The lowest BCUT2D eigenvalue weighted by Gasteiger charge is -2.17. The number of ether oxygens (including phenoxy) is 4. The standard InChI is InChI=1S/C16H19NO9/c1-3-14(18)23-9-13(25-15(19)4-2)10-24-16(20)26-12-7-5-11(6-8-12)17(21)22/h5-8,13H,3-4,9-10H2,1-2H3. The van der Waals surface area contributed by atoms with Crippen LogP contribution in [-0.4, -0.2) is 42.3 Å². The van der Waals surface area contributed by atoms with E-state index in [2.05, 4.69) is 0 Å². The molecule has 0 aromatic heterocycles.